The molecular formula is C10H13NO2S. The molecule has 0 atom stereocenters. The number of carbonyl (C=O) groups is 1. The van der Waals surface area contributed by atoms with Gasteiger partial charge in [0.25, 0.3) is 5.91 Å². The van der Waals surface area contributed by atoms with Crippen LogP contribution in [0.15, 0.2) is 17.5 Å². The molecule has 0 saturated heterocycles. The second-order valence-corrected chi connectivity index (χ2v) is 4.38. The summed E-state index contributed by atoms with van der Waals surface area (Å²) in [4.78, 5) is 17.4. The molecule has 1 heterocycles. The summed E-state index contributed by atoms with van der Waals surface area (Å²) in [5, 5.41) is 1.88. The van der Waals surface area contributed by atoms with Gasteiger partial charge in [0, 0.05) is 0 Å². The molecule has 0 aromatic carbocycles. The van der Waals surface area contributed by atoms with Crippen molar-refractivity contribution in [3.63, 3.8) is 0 Å². The molecule has 1 aliphatic carbocycles. The smallest absolute Gasteiger partial charge is 0.270 e. The Hall–Kier alpha value is -0.870. The van der Waals surface area contributed by atoms with Gasteiger partial charge in [-0.1, -0.05) is 18.9 Å². The van der Waals surface area contributed by atoms with Gasteiger partial charge in [-0.25, -0.2) is 5.48 Å². The lowest BCUT2D eigenvalue weighted by Gasteiger charge is -2.10. The third-order valence-electron chi connectivity index (χ3n) is 2.37. The van der Waals surface area contributed by atoms with E-state index in [0.717, 1.165) is 12.8 Å². The highest BCUT2D eigenvalue weighted by molar-refractivity contribution is 7.12. The molecule has 1 aromatic rings. The number of hydrogen-bond acceptors (Lipinski definition) is 3. The molecule has 1 aliphatic rings. The number of carbonyl (C=O) groups excluding carboxylic acids is 1. The van der Waals surface area contributed by atoms with Gasteiger partial charge in [-0.2, -0.15) is 0 Å². The summed E-state index contributed by atoms with van der Waals surface area (Å²) in [5.41, 5.74) is 2.50. The Balaban J connectivity index is 1.78. The summed E-state index contributed by atoms with van der Waals surface area (Å²) < 4.78 is 0. The Bertz CT molecular complexity index is 291. The normalized spacial score (nSPS) is 17.1. The van der Waals surface area contributed by atoms with Crippen molar-refractivity contribution in [2.45, 2.75) is 31.8 Å². The van der Waals surface area contributed by atoms with Crippen molar-refractivity contribution < 1.29 is 9.63 Å². The first-order chi connectivity index (χ1) is 6.86. The number of nitrogens with one attached hydrogen (secondary N) is 1. The summed E-state index contributed by atoms with van der Waals surface area (Å²) >= 11 is 1.42. The lowest BCUT2D eigenvalue weighted by molar-refractivity contribution is -0.0122. The van der Waals surface area contributed by atoms with Gasteiger partial charge in [-0.05, 0) is 24.3 Å². The van der Waals surface area contributed by atoms with Gasteiger partial charge in [-0.3, -0.25) is 9.63 Å². The minimum atomic E-state index is -0.133. The van der Waals surface area contributed by atoms with E-state index in [4.69, 9.17) is 4.84 Å². The highest BCUT2D eigenvalue weighted by Gasteiger charge is 2.17. The van der Waals surface area contributed by atoms with Crippen molar-refractivity contribution >= 4 is 17.2 Å². The van der Waals surface area contributed by atoms with E-state index < -0.39 is 0 Å². The molecule has 1 saturated carbocycles. The third-order valence-corrected chi connectivity index (χ3v) is 3.23. The maximum absolute atomic E-state index is 11.4. The van der Waals surface area contributed by atoms with Crippen LogP contribution >= 0.6 is 11.3 Å². The van der Waals surface area contributed by atoms with Gasteiger partial charge >= 0.3 is 0 Å². The number of hydroxylamine groups is 1. The van der Waals surface area contributed by atoms with Crippen molar-refractivity contribution in [3.05, 3.63) is 22.4 Å². The van der Waals surface area contributed by atoms with Crippen molar-refractivity contribution in [2.75, 3.05) is 0 Å². The van der Waals surface area contributed by atoms with E-state index in [1.807, 2.05) is 11.4 Å². The predicted molar refractivity (Wildman–Crippen MR) is 55.1 cm³/mol. The van der Waals surface area contributed by atoms with Crippen LogP contribution in [0.25, 0.3) is 0 Å². The van der Waals surface area contributed by atoms with Crippen LogP contribution in [-0.4, -0.2) is 12.0 Å². The van der Waals surface area contributed by atoms with Crippen LogP contribution < -0.4 is 5.48 Å². The van der Waals surface area contributed by atoms with Crippen LogP contribution in [0.4, 0.5) is 0 Å². The van der Waals surface area contributed by atoms with Gasteiger partial charge in [0.2, 0.25) is 0 Å². The zero-order valence-electron chi connectivity index (χ0n) is 7.86. The highest BCUT2D eigenvalue weighted by atomic mass is 32.1. The van der Waals surface area contributed by atoms with Crippen molar-refractivity contribution in [1.29, 1.82) is 0 Å². The van der Waals surface area contributed by atoms with E-state index in [1.165, 1.54) is 24.2 Å². The fourth-order valence-corrected chi connectivity index (χ4v) is 2.21. The number of thiophene rings is 1. The van der Waals surface area contributed by atoms with Crippen molar-refractivity contribution in [1.82, 2.24) is 5.48 Å². The van der Waals surface area contributed by atoms with Gasteiger partial charge in [0.05, 0.1) is 11.0 Å². The maximum Gasteiger partial charge on any atom is 0.284 e. The molecule has 0 spiro atoms. The number of rotatable bonds is 3. The Kier molecular flexibility index (Phi) is 3.16. The molecule has 1 N–H and O–H groups in total. The number of amides is 1. The second-order valence-electron chi connectivity index (χ2n) is 3.43. The van der Waals surface area contributed by atoms with E-state index in [1.54, 1.807) is 6.07 Å². The molecule has 4 heteroatoms. The average Bonchev–Trinajstić information content (AvgIpc) is 2.87. The standard InChI is InChI=1S/C10H13NO2S/c12-10(9-6-3-7-14-9)11-13-8-4-1-2-5-8/h3,6-8H,1-2,4-5H2,(H,11,12). The molecule has 14 heavy (non-hydrogen) atoms. The highest BCUT2D eigenvalue weighted by Crippen LogP contribution is 2.20. The largest absolute Gasteiger partial charge is 0.284 e. The summed E-state index contributed by atoms with van der Waals surface area (Å²) in [5.74, 6) is -0.133. The van der Waals surface area contributed by atoms with Crippen LogP contribution in [0.1, 0.15) is 35.4 Å². The van der Waals surface area contributed by atoms with Gasteiger partial charge < -0.3 is 0 Å². The average molecular weight is 211 g/mol. The lowest BCUT2D eigenvalue weighted by atomic mass is 10.3. The van der Waals surface area contributed by atoms with Crippen LogP contribution in [0, 0.1) is 0 Å². The summed E-state index contributed by atoms with van der Waals surface area (Å²) in [6, 6.07) is 3.65. The summed E-state index contributed by atoms with van der Waals surface area (Å²) in [7, 11) is 0. The number of hydrogen-bond donors (Lipinski definition) is 1. The van der Waals surface area contributed by atoms with E-state index in [2.05, 4.69) is 5.48 Å². The molecule has 0 unspecified atom stereocenters. The maximum atomic E-state index is 11.4. The van der Waals surface area contributed by atoms with Crippen molar-refractivity contribution in [3.8, 4) is 0 Å². The molecule has 1 fully saturated rings. The molecule has 1 amide bonds. The first-order valence-electron chi connectivity index (χ1n) is 4.86. The SMILES string of the molecule is O=C(NOC1CCCC1)c1cccs1. The molecule has 0 radical (unpaired) electrons. The zero-order chi connectivity index (χ0) is 9.80. The minimum absolute atomic E-state index is 0.133. The first kappa shape index (κ1) is 9.68. The van der Waals surface area contributed by atoms with E-state index in [0.29, 0.717) is 4.88 Å². The van der Waals surface area contributed by atoms with E-state index >= 15 is 0 Å². The second kappa shape index (κ2) is 4.57. The van der Waals surface area contributed by atoms with E-state index in [-0.39, 0.29) is 12.0 Å². The van der Waals surface area contributed by atoms with Crippen LogP contribution in [0.2, 0.25) is 0 Å². The Morgan fingerprint density at radius 2 is 2.29 bits per heavy atom. The van der Waals surface area contributed by atoms with Crippen LogP contribution in [-0.2, 0) is 4.84 Å². The Morgan fingerprint density at radius 1 is 1.50 bits per heavy atom. The van der Waals surface area contributed by atoms with Gasteiger partial charge in [0.15, 0.2) is 0 Å². The molecule has 76 valence electrons. The molecule has 0 aliphatic heterocycles. The van der Waals surface area contributed by atoms with Crippen LogP contribution in [0.5, 0.6) is 0 Å². The Labute approximate surface area is 87.0 Å². The molecule has 1 aromatic heterocycles. The Morgan fingerprint density at radius 3 is 2.93 bits per heavy atom. The van der Waals surface area contributed by atoms with Crippen LogP contribution in [0.3, 0.4) is 0 Å². The molecule has 0 bridgehead atoms. The summed E-state index contributed by atoms with van der Waals surface area (Å²) in [6.45, 7) is 0. The van der Waals surface area contributed by atoms with Crippen molar-refractivity contribution in [2.24, 2.45) is 0 Å². The fraction of sp³-hybridized carbons (Fsp3) is 0.500. The topological polar surface area (TPSA) is 38.3 Å². The molecule has 2 rings (SSSR count). The fourth-order valence-electron chi connectivity index (χ4n) is 1.60. The monoisotopic (exact) mass is 211 g/mol. The quantitative estimate of drug-likeness (QED) is 0.779. The van der Waals surface area contributed by atoms with Gasteiger partial charge in [0.1, 0.15) is 0 Å². The molecule has 3 nitrogen and oxygen atoms in total. The van der Waals surface area contributed by atoms with Gasteiger partial charge in [-0.15, -0.1) is 11.3 Å². The first-order valence-corrected chi connectivity index (χ1v) is 5.74. The van der Waals surface area contributed by atoms with E-state index in [9.17, 15) is 4.79 Å². The third kappa shape index (κ3) is 2.33. The molecular weight excluding hydrogens is 198 g/mol. The predicted octanol–water partition coefficient (Wildman–Crippen LogP) is 2.35. The minimum Gasteiger partial charge on any atom is -0.270 e. The zero-order valence-corrected chi connectivity index (χ0v) is 8.68. The summed E-state index contributed by atoms with van der Waals surface area (Å²) in [6.07, 6.45) is 4.76. The lowest BCUT2D eigenvalue weighted by Crippen LogP contribution is -2.27.